The third kappa shape index (κ3) is 9.06. The van der Waals surface area contributed by atoms with Gasteiger partial charge in [0, 0.05) is 39.3 Å². The minimum absolute atomic E-state index is 0. The summed E-state index contributed by atoms with van der Waals surface area (Å²) in [5, 5.41) is 6.52. The Morgan fingerprint density at radius 1 is 1.39 bits per heavy atom. The highest BCUT2D eigenvalue weighted by Crippen LogP contribution is 2.19. The van der Waals surface area contributed by atoms with Gasteiger partial charge < -0.3 is 15.4 Å². The summed E-state index contributed by atoms with van der Waals surface area (Å²) >= 11 is 0. The molecule has 0 aromatic heterocycles. The van der Waals surface area contributed by atoms with Crippen LogP contribution in [0.2, 0.25) is 0 Å². The van der Waals surface area contributed by atoms with Crippen molar-refractivity contribution in [2.24, 2.45) is 10.9 Å². The maximum atomic E-state index is 11.5. The van der Waals surface area contributed by atoms with Gasteiger partial charge in [-0.25, -0.2) is 12.7 Å². The van der Waals surface area contributed by atoms with Gasteiger partial charge in [0.15, 0.2) is 5.96 Å². The topological polar surface area (TPSA) is 83.0 Å². The second-order valence-corrected chi connectivity index (χ2v) is 7.81. The Labute approximate surface area is 157 Å². The SMILES string of the molecule is CCNC(=NCC1CCN(S(C)(=O)=O)CC1)NC(C)COC.I. The predicted molar refractivity (Wildman–Crippen MR) is 105 cm³/mol. The summed E-state index contributed by atoms with van der Waals surface area (Å²) in [6.07, 6.45) is 3.00. The lowest BCUT2D eigenvalue weighted by atomic mass is 9.98. The van der Waals surface area contributed by atoms with Crippen molar-refractivity contribution in [2.45, 2.75) is 32.7 Å². The van der Waals surface area contributed by atoms with E-state index in [1.54, 1.807) is 11.4 Å². The number of nitrogens with zero attached hydrogens (tertiary/aromatic N) is 2. The van der Waals surface area contributed by atoms with Crippen LogP contribution in [0, 0.1) is 5.92 Å². The van der Waals surface area contributed by atoms with E-state index in [4.69, 9.17) is 4.74 Å². The van der Waals surface area contributed by atoms with Gasteiger partial charge in [-0.05, 0) is 32.6 Å². The van der Waals surface area contributed by atoms with E-state index in [-0.39, 0.29) is 30.0 Å². The number of nitrogens with one attached hydrogen (secondary N) is 2. The van der Waals surface area contributed by atoms with Crippen molar-refractivity contribution in [2.75, 3.05) is 46.2 Å². The molecule has 0 aromatic rings. The van der Waals surface area contributed by atoms with E-state index < -0.39 is 10.0 Å². The monoisotopic (exact) mass is 462 g/mol. The first-order valence-electron chi connectivity index (χ1n) is 7.85. The second kappa shape index (κ2) is 11.4. The zero-order valence-corrected chi connectivity index (χ0v) is 17.7. The zero-order chi connectivity index (χ0) is 16.6. The summed E-state index contributed by atoms with van der Waals surface area (Å²) in [7, 11) is -1.37. The molecule has 1 saturated heterocycles. The molecule has 1 aliphatic heterocycles. The molecule has 0 amide bonds. The van der Waals surface area contributed by atoms with Crippen LogP contribution in [0.15, 0.2) is 4.99 Å². The molecule has 0 aromatic carbocycles. The molecule has 138 valence electrons. The Kier molecular flexibility index (Phi) is 11.4. The van der Waals surface area contributed by atoms with Crippen molar-refractivity contribution in [3.8, 4) is 0 Å². The van der Waals surface area contributed by atoms with Crippen LogP contribution in [0.25, 0.3) is 0 Å². The van der Waals surface area contributed by atoms with Gasteiger partial charge in [-0.15, -0.1) is 24.0 Å². The van der Waals surface area contributed by atoms with Crippen LogP contribution in [-0.2, 0) is 14.8 Å². The summed E-state index contributed by atoms with van der Waals surface area (Å²) in [4.78, 5) is 4.62. The third-order valence-electron chi connectivity index (χ3n) is 3.69. The Morgan fingerprint density at radius 3 is 2.48 bits per heavy atom. The molecule has 1 fully saturated rings. The number of halogens is 1. The highest BCUT2D eigenvalue weighted by molar-refractivity contribution is 14.0. The summed E-state index contributed by atoms with van der Waals surface area (Å²) in [5.41, 5.74) is 0. The molecule has 1 rings (SSSR count). The first-order valence-corrected chi connectivity index (χ1v) is 9.70. The van der Waals surface area contributed by atoms with Crippen LogP contribution in [0.4, 0.5) is 0 Å². The maximum Gasteiger partial charge on any atom is 0.211 e. The summed E-state index contributed by atoms with van der Waals surface area (Å²) < 4.78 is 29.7. The summed E-state index contributed by atoms with van der Waals surface area (Å²) in [6.45, 7) is 7.41. The molecular formula is C14H31IN4O3S. The third-order valence-corrected chi connectivity index (χ3v) is 5.00. The van der Waals surface area contributed by atoms with Crippen molar-refractivity contribution in [1.82, 2.24) is 14.9 Å². The van der Waals surface area contributed by atoms with Gasteiger partial charge in [0.05, 0.1) is 12.9 Å². The van der Waals surface area contributed by atoms with E-state index in [2.05, 4.69) is 15.6 Å². The Balaban J connectivity index is 0.00000484. The van der Waals surface area contributed by atoms with Gasteiger partial charge in [0.1, 0.15) is 0 Å². The van der Waals surface area contributed by atoms with E-state index in [1.807, 2.05) is 13.8 Å². The van der Waals surface area contributed by atoms with Crippen LogP contribution >= 0.6 is 24.0 Å². The molecule has 1 unspecified atom stereocenters. The fraction of sp³-hybridized carbons (Fsp3) is 0.929. The minimum atomic E-state index is -3.05. The zero-order valence-electron chi connectivity index (χ0n) is 14.5. The smallest absolute Gasteiger partial charge is 0.211 e. The standard InChI is InChI=1S/C14H30N4O3S.HI/c1-5-15-14(17-12(2)11-21-3)16-10-13-6-8-18(9-7-13)22(4,19)20;/h12-13H,5-11H2,1-4H3,(H2,15,16,17);1H. The molecule has 0 bridgehead atoms. The molecule has 0 saturated carbocycles. The van der Waals surface area contributed by atoms with Crippen LogP contribution in [0.3, 0.4) is 0 Å². The number of methoxy groups -OCH3 is 1. The fourth-order valence-electron chi connectivity index (χ4n) is 2.49. The van der Waals surface area contributed by atoms with E-state index in [1.165, 1.54) is 6.26 Å². The molecule has 1 aliphatic rings. The van der Waals surface area contributed by atoms with Crippen LogP contribution in [0.1, 0.15) is 26.7 Å². The molecule has 1 heterocycles. The molecule has 0 radical (unpaired) electrons. The van der Waals surface area contributed by atoms with E-state index in [9.17, 15) is 8.42 Å². The lowest BCUT2D eigenvalue weighted by molar-refractivity contribution is 0.179. The molecule has 0 aliphatic carbocycles. The van der Waals surface area contributed by atoms with Crippen LogP contribution in [0.5, 0.6) is 0 Å². The first-order chi connectivity index (χ1) is 10.4. The number of hydrogen-bond acceptors (Lipinski definition) is 4. The van der Waals surface area contributed by atoms with Gasteiger partial charge in [-0.1, -0.05) is 0 Å². The number of piperidine rings is 1. The Hall–Kier alpha value is -0.130. The van der Waals surface area contributed by atoms with Crippen molar-refractivity contribution >= 4 is 40.0 Å². The maximum absolute atomic E-state index is 11.5. The summed E-state index contributed by atoms with van der Waals surface area (Å²) in [6, 6.07) is 0.190. The molecule has 23 heavy (non-hydrogen) atoms. The molecule has 0 spiro atoms. The highest BCUT2D eigenvalue weighted by Gasteiger charge is 2.24. The van der Waals surface area contributed by atoms with Crippen molar-refractivity contribution in [3.05, 3.63) is 0 Å². The number of sulfonamides is 1. The molecule has 1 atom stereocenters. The van der Waals surface area contributed by atoms with Crippen molar-refractivity contribution in [1.29, 1.82) is 0 Å². The first kappa shape index (κ1) is 22.9. The van der Waals surface area contributed by atoms with Crippen LogP contribution in [-0.4, -0.2) is 70.9 Å². The predicted octanol–water partition coefficient (Wildman–Crippen LogP) is 0.866. The number of guanidine groups is 1. The summed E-state index contributed by atoms with van der Waals surface area (Å²) in [5.74, 6) is 1.23. The van der Waals surface area contributed by atoms with Gasteiger partial charge in [0.2, 0.25) is 10.0 Å². The lowest BCUT2D eigenvalue weighted by Gasteiger charge is -2.29. The van der Waals surface area contributed by atoms with Crippen molar-refractivity contribution in [3.63, 3.8) is 0 Å². The number of rotatable bonds is 7. The van der Waals surface area contributed by atoms with Crippen molar-refractivity contribution < 1.29 is 13.2 Å². The number of ether oxygens (including phenoxy) is 1. The van der Waals surface area contributed by atoms with E-state index in [0.29, 0.717) is 32.2 Å². The van der Waals surface area contributed by atoms with Gasteiger partial charge in [0.25, 0.3) is 0 Å². The molecule has 7 nitrogen and oxygen atoms in total. The molecular weight excluding hydrogens is 431 g/mol. The van der Waals surface area contributed by atoms with Gasteiger partial charge in [-0.3, -0.25) is 4.99 Å². The Bertz CT molecular complexity index is 451. The average molecular weight is 462 g/mol. The second-order valence-electron chi connectivity index (χ2n) is 5.83. The molecule has 9 heteroatoms. The van der Waals surface area contributed by atoms with E-state index in [0.717, 1.165) is 25.3 Å². The lowest BCUT2D eigenvalue weighted by Crippen LogP contribution is -2.44. The van der Waals surface area contributed by atoms with Gasteiger partial charge in [-0.2, -0.15) is 0 Å². The fourth-order valence-corrected chi connectivity index (χ4v) is 3.36. The van der Waals surface area contributed by atoms with E-state index >= 15 is 0 Å². The average Bonchev–Trinajstić information content (AvgIpc) is 2.45. The van der Waals surface area contributed by atoms with Crippen LogP contribution < -0.4 is 10.6 Å². The highest BCUT2D eigenvalue weighted by atomic mass is 127. The number of aliphatic imine (C=N–C) groups is 1. The molecule has 2 N–H and O–H groups in total. The Morgan fingerprint density at radius 2 is 2.00 bits per heavy atom. The number of hydrogen-bond donors (Lipinski definition) is 2. The quantitative estimate of drug-likeness (QED) is 0.333. The minimum Gasteiger partial charge on any atom is -0.383 e. The van der Waals surface area contributed by atoms with Gasteiger partial charge >= 0.3 is 0 Å². The normalized spacial score (nSPS) is 19.0. The largest absolute Gasteiger partial charge is 0.383 e.